The van der Waals surface area contributed by atoms with Crippen molar-refractivity contribution in [2.75, 3.05) is 0 Å². The highest BCUT2D eigenvalue weighted by Crippen LogP contribution is 2.05. The van der Waals surface area contributed by atoms with Crippen molar-refractivity contribution in [3.63, 3.8) is 0 Å². The summed E-state index contributed by atoms with van der Waals surface area (Å²) in [6.45, 7) is 5.62. The Morgan fingerprint density at radius 2 is 1.43 bits per heavy atom. The maximum absolute atomic E-state index is 9.83. The van der Waals surface area contributed by atoms with Crippen LogP contribution in [0.1, 0.15) is 20.8 Å². The standard InChI is InChI=1S/C5H10O.H2O/c1-5(2,3)4-6;/h4H,1-3H3;1H2. The van der Waals surface area contributed by atoms with Gasteiger partial charge in [0.1, 0.15) is 6.29 Å². The van der Waals surface area contributed by atoms with Crippen LogP contribution < -0.4 is 0 Å². The first kappa shape index (κ1) is 9.80. The predicted octanol–water partition coefficient (Wildman–Crippen LogP) is 0.407. The molecule has 0 saturated heterocycles. The molecular weight excluding hydrogens is 92.1 g/mol. The van der Waals surface area contributed by atoms with E-state index in [-0.39, 0.29) is 10.9 Å². The van der Waals surface area contributed by atoms with Crippen LogP contribution in [0.25, 0.3) is 0 Å². The van der Waals surface area contributed by atoms with Crippen LogP contribution in [0.15, 0.2) is 0 Å². The topological polar surface area (TPSA) is 48.6 Å². The van der Waals surface area contributed by atoms with E-state index >= 15 is 0 Å². The van der Waals surface area contributed by atoms with E-state index in [0.717, 1.165) is 6.29 Å². The summed E-state index contributed by atoms with van der Waals surface area (Å²) in [5.74, 6) is 0. The van der Waals surface area contributed by atoms with Gasteiger partial charge in [0, 0.05) is 5.41 Å². The zero-order valence-electron chi connectivity index (χ0n) is 4.99. The Bertz CT molecular complexity index is 51.6. The first-order valence-electron chi connectivity index (χ1n) is 2.02. The van der Waals surface area contributed by atoms with E-state index in [4.69, 9.17) is 0 Å². The van der Waals surface area contributed by atoms with Crippen LogP contribution in [0.4, 0.5) is 0 Å². The lowest BCUT2D eigenvalue weighted by molar-refractivity contribution is -0.113. The molecule has 0 amide bonds. The Morgan fingerprint density at radius 3 is 1.43 bits per heavy atom. The highest BCUT2D eigenvalue weighted by Gasteiger charge is 2.04. The van der Waals surface area contributed by atoms with Crippen LogP contribution >= 0.6 is 0 Å². The Morgan fingerprint density at radius 1 is 1.29 bits per heavy atom. The van der Waals surface area contributed by atoms with E-state index < -0.39 is 0 Å². The van der Waals surface area contributed by atoms with E-state index in [1.807, 2.05) is 20.8 Å². The second-order valence-corrected chi connectivity index (χ2v) is 2.48. The number of carbonyl (C=O) groups excluding carboxylic acids is 1. The summed E-state index contributed by atoms with van der Waals surface area (Å²) in [5.41, 5.74) is -0.139. The lowest BCUT2D eigenvalue weighted by Gasteiger charge is -2.03. The molecule has 0 aliphatic heterocycles. The van der Waals surface area contributed by atoms with Gasteiger partial charge >= 0.3 is 0 Å². The monoisotopic (exact) mass is 104 g/mol. The van der Waals surface area contributed by atoms with Gasteiger partial charge in [-0.3, -0.25) is 0 Å². The van der Waals surface area contributed by atoms with E-state index in [1.54, 1.807) is 0 Å². The van der Waals surface area contributed by atoms with Gasteiger partial charge in [-0.05, 0) is 0 Å². The van der Waals surface area contributed by atoms with Crippen molar-refractivity contribution in [2.45, 2.75) is 20.8 Å². The zero-order chi connectivity index (χ0) is 5.21. The molecule has 2 N–H and O–H groups in total. The molecule has 2 heteroatoms. The highest BCUT2D eigenvalue weighted by atomic mass is 16.1. The molecule has 0 atom stereocenters. The molecule has 0 fully saturated rings. The van der Waals surface area contributed by atoms with Gasteiger partial charge in [-0.15, -0.1) is 0 Å². The third-order valence-electron chi connectivity index (χ3n) is 0.354. The molecule has 44 valence electrons. The maximum atomic E-state index is 9.83. The normalized spacial score (nSPS) is 9.57. The lowest BCUT2D eigenvalue weighted by Crippen LogP contribution is -2.04. The zero-order valence-corrected chi connectivity index (χ0v) is 4.99. The van der Waals surface area contributed by atoms with Crippen LogP contribution in [-0.4, -0.2) is 11.8 Å². The molecule has 0 spiro atoms. The van der Waals surface area contributed by atoms with Crippen LogP contribution in [0.3, 0.4) is 0 Å². The molecular formula is C5H12O2. The molecule has 2 nitrogen and oxygen atoms in total. The maximum Gasteiger partial charge on any atom is 0.125 e. The number of aldehydes is 1. The number of rotatable bonds is 0. The summed E-state index contributed by atoms with van der Waals surface area (Å²) in [6.07, 6.45) is 0.938. The fourth-order valence-corrected chi connectivity index (χ4v) is 0. The molecule has 0 bridgehead atoms. The molecule has 0 aromatic carbocycles. The third kappa shape index (κ3) is 10.7. The molecule has 0 aliphatic carbocycles. The molecule has 0 unspecified atom stereocenters. The SMILES string of the molecule is CC(C)(C)C=O.O. The van der Waals surface area contributed by atoms with Crippen molar-refractivity contribution < 1.29 is 10.3 Å². The van der Waals surface area contributed by atoms with Gasteiger partial charge in [-0.25, -0.2) is 0 Å². The van der Waals surface area contributed by atoms with Gasteiger partial charge in [0.05, 0.1) is 0 Å². The smallest absolute Gasteiger partial charge is 0.125 e. The van der Waals surface area contributed by atoms with Gasteiger partial charge in [-0.1, -0.05) is 20.8 Å². The minimum absolute atomic E-state index is 0. The largest absolute Gasteiger partial charge is 0.412 e. The molecule has 7 heavy (non-hydrogen) atoms. The minimum atomic E-state index is -0.139. The van der Waals surface area contributed by atoms with Crippen LogP contribution in [0.2, 0.25) is 0 Å². The third-order valence-corrected chi connectivity index (χ3v) is 0.354. The summed E-state index contributed by atoms with van der Waals surface area (Å²) in [7, 11) is 0. The molecule has 0 aromatic heterocycles. The van der Waals surface area contributed by atoms with E-state index in [9.17, 15) is 4.79 Å². The summed E-state index contributed by atoms with van der Waals surface area (Å²) in [5, 5.41) is 0. The molecule has 0 heterocycles. The van der Waals surface area contributed by atoms with Crippen molar-refractivity contribution >= 4 is 6.29 Å². The minimum Gasteiger partial charge on any atom is -0.412 e. The Labute approximate surface area is 43.8 Å². The fraction of sp³-hybridized carbons (Fsp3) is 0.800. The Balaban J connectivity index is 0. The van der Waals surface area contributed by atoms with Crippen molar-refractivity contribution in [3.8, 4) is 0 Å². The van der Waals surface area contributed by atoms with Crippen LogP contribution in [-0.2, 0) is 4.79 Å². The lowest BCUT2D eigenvalue weighted by atomic mass is 10.0. The molecule has 0 radical (unpaired) electrons. The second kappa shape index (κ2) is 2.75. The Kier molecular flexibility index (Phi) is 3.85. The van der Waals surface area contributed by atoms with E-state index in [0.29, 0.717) is 0 Å². The van der Waals surface area contributed by atoms with Crippen LogP contribution in [0.5, 0.6) is 0 Å². The first-order chi connectivity index (χ1) is 2.56. The number of hydrogen-bond donors (Lipinski definition) is 0. The van der Waals surface area contributed by atoms with Gasteiger partial charge in [0.25, 0.3) is 0 Å². The summed E-state index contributed by atoms with van der Waals surface area (Å²) in [4.78, 5) is 9.83. The molecule has 0 saturated carbocycles. The van der Waals surface area contributed by atoms with Gasteiger partial charge in [0.2, 0.25) is 0 Å². The van der Waals surface area contributed by atoms with E-state index in [2.05, 4.69) is 0 Å². The van der Waals surface area contributed by atoms with Gasteiger partial charge in [-0.2, -0.15) is 0 Å². The quantitative estimate of drug-likeness (QED) is 0.410. The average Bonchev–Trinajstić information content (AvgIpc) is 1.35. The predicted molar refractivity (Wildman–Crippen MR) is 29.1 cm³/mol. The van der Waals surface area contributed by atoms with Crippen molar-refractivity contribution in [2.24, 2.45) is 5.41 Å². The van der Waals surface area contributed by atoms with Crippen molar-refractivity contribution in [1.29, 1.82) is 0 Å². The molecule has 0 aromatic rings. The first-order valence-corrected chi connectivity index (χ1v) is 2.02. The van der Waals surface area contributed by atoms with Crippen molar-refractivity contribution in [3.05, 3.63) is 0 Å². The summed E-state index contributed by atoms with van der Waals surface area (Å²) in [6, 6.07) is 0. The molecule has 0 aliphatic rings. The number of hydrogen-bond acceptors (Lipinski definition) is 1. The van der Waals surface area contributed by atoms with Gasteiger partial charge in [0.15, 0.2) is 0 Å². The second-order valence-electron chi connectivity index (χ2n) is 2.48. The van der Waals surface area contributed by atoms with Crippen LogP contribution in [0, 0.1) is 5.41 Å². The fourth-order valence-electron chi connectivity index (χ4n) is 0. The van der Waals surface area contributed by atoms with E-state index in [1.165, 1.54) is 0 Å². The van der Waals surface area contributed by atoms with Gasteiger partial charge < -0.3 is 10.3 Å². The highest BCUT2D eigenvalue weighted by molar-refractivity contribution is 5.56. The average molecular weight is 104 g/mol. The number of carbonyl (C=O) groups is 1. The summed E-state index contributed by atoms with van der Waals surface area (Å²) >= 11 is 0. The molecule has 0 rings (SSSR count). The summed E-state index contributed by atoms with van der Waals surface area (Å²) < 4.78 is 0. The van der Waals surface area contributed by atoms with Crippen molar-refractivity contribution in [1.82, 2.24) is 0 Å². The Hall–Kier alpha value is -0.370.